The number of amides is 1. The topological polar surface area (TPSA) is 84.7 Å². The molecule has 7 heteroatoms. The van der Waals surface area contributed by atoms with Gasteiger partial charge >= 0.3 is 0 Å². The zero-order chi connectivity index (χ0) is 17.5. The van der Waals surface area contributed by atoms with Gasteiger partial charge in [0.2, 0.25) is 11.9 Å². The fourth-order valence-corrected chi connectivity index (χ4v) is 2.50. The molecule has 130 valence electrons. The van der Waals surface area contributed by atoms with Gasteiger partial charge < -0.3 is 10.6 Å². The van der Waals surface area contributed by atoms with E-state index in [-0.39, 0.29) is 5.91 Å². The lowest BCUT2D eigenvalue weighted by Crippen LogP contribution is -2.30. The molecule has 0 saturated carbocycles. The summed E-state index contributed by atoms with van der Waals surface area (Å²) >= 11 is 0. The molecular weight excluding hydrogens is 304 g/mol. The fraction of sp³-hybridized carbons (Fsp3) is 0.529. The molecule has 2 N–H and O–H groups in total. The molecule has 7 nitrogen and oxygen atoms in total. The number of carbonyl (C=O) groups is 1. The van der Waals surface area contributed by atoms with E-state index in [1.165, 1.54) is 0 Å². The van der Waals surface area contributed by atoms with Gasteiger partial charge in [-0.05, 0) is 25.8 Å². The van der Waals surface area contributed by atoms with E-state index in [1.807, 2.05) is 18.5 Å². The molecule has 0 aromatic carbocycles. The van der Waals surface area contributed by atoms with Gasteiger partial charge in [-0.15, -0.1) is 0 Å². The minimum Gasteiger partial charge on any atom is -0.354 e. The van der Waals surface area contributed by atoms with Crippen LogP contribution < -0.4 is 10.6 Å². The first-order chi connectivity index (χ1) is 11.5. The van der Waals surface area contributed by atoms with Crippen molar-refractivity contribution >= 4 is 11.9 Å². The Labute approximate surface area is 142 Å². The summed E-state index contributed by atoms with van der Waals surface area (Å²) in [6.45, 7) is 10.3. The molecule has 0 saturated heterocycles. The molecule has 0 aliphatic heterocycles. The summed E-state index contributed by atoms with van der Waals surface area (Å²) in [6, 6.07) is 1.76. The van der Waals surface area contributed by atoms with Gasteiger partial charge in [0.05, 0.1) is 12.1 Å². The Morgan fingerprint density at radius 2 is 1.92 bits per heavy atom. The van der Waals surface area contributed by atoms with Gasteiger partial charge in [-0.2, -0.15) is 5.10 Å². The van der Waals surface area contributed by atoms with Crippen LogP contribution in [0, 0.1) is 19.8 Å². The minimum atomic E-state index is 0.000997. The number of rotatable bonds is 8. The average molecular weight is 330 g/mol. The molecule has 24 heavy (non-hydrogen) atoms. The molecule has 1 amide bonds. The molecule has 0 bridgehead atoms. The van der Waals surface area contributed by atoms with Crippen molar-refractivity contribution in [3.05, 3.63) is 35.4 Å². The molecule has 2 aromatic rings. The van der Waals surface area contributed by atoms with E-state index in [0.717, 1.165) is 23.5 Å². The smallest absolute Gasteiger partial charge is 0.224 e. The number of aryl methyl sites for hydroxylation is 1. The Kier molecular flexibility index (Phi) is 6.28. The summed E-state index contributed by atoms with van der Waals surface area (Å²) < 4.78 is 2.00. The van der Waals surface area contributed by atoms with Crippen molar-refractivity contribution in [1.82, 2.24) is 25.1 Å². The van der Waals surface area contributed by atoms with Crippen LogP contribution >= 0.6 is 0 Å². The summed E-state index contributed by atoms with van der Waals surface area (Å²) in [6.07, 6.45) is 3.71. The second-order valence-electron chi connectivity index (χ2n) is 6.25. The maximum absolute atomic E-state index is 12.2. The first kappa shape index (κ1) is 17.9. The van der Waals surface area contributed by atoms with Crippen LogP contribution in [0.5, 0.6) is 0 Å². The monoisotopic (exact) mass is 330 g/mol. The van der Waals surface area contributed by atoms with E-state index in [1.54, 1.807) is 18.5 Å². The average Bonchev–Trinajstić information content (AvgIpc) is 2.79. The van der Waals surface area contributed by atoms with Gasteiger partial charge in [0.15, 0.2) is 0 Å². The van der Waals surface area contributed by atoms with E-state index in [4.69, 9.17) is 0 Å². The number of anilines is 1. The number of hydrogen-bond donors (Lipinski definition) is 2. The first-order valence-corrected chi connectivity index (χ1v) is 8.28. The lowest BCUT2D eigenvalue weighted by Gasteiger charge is -2.09. The molecular formula is C17H26N6O. The lowest BCUT2D eigenvalue weighted by molar-refractivity contribution is -0.120. The Balaban J connectivity index is 1.81. The molecule has 2 rings (SSSR count). The van der Waals surface area contributed by atoms with Crippen LogP contribution in [-0.4, -0.2) is 38.7 Å². The highest BCUT2D eigenvalue weighted by atomic mass is 16.1. The highest BCUT2D eigenvalue weighted by molar-refractivity contribution is 5.79. The van der Waals surface area contributed by atoms with Crippen molar-refractivity contribution in [3.63, 3.8) is 0 Å². The summed E-state index contributed by atoms with van der Waals surface area (Å²) in [5, 5.41) is 10.5. The van der Waals surface area contributed by atoms with Crippen LogP contribution in [-0.2, 0) is 17.8 Å². The molecule has 0 spiro atoms. The van der Waals surface area contributed by atoms with E-state index in [0.29, 0.717) is 31.4 Å². The van der Waals surface area contributed by atoms with Crippen molar-refractivity contribution < 1.29 is 4.79 Å². The van der Waals surface area contributed by atoms with E-state index in [2.05, 4.69) is 39.5 Å². The van der Waals surface area contributed by atoms with Crippen LogP contribution in [0.2, 0.25) is 0 Å². The van der Waals surface area contributed by atoms with Crippen LogP contribution in [0.3, 0.4) is 0 Å². The number of hydrogen-bond acceptors (Lipinski definition) is 5. The maximum Gasteiger partial charge on any atom is 0.224 e. The van der Waals surface area contributed by atoms with Crippen LogP contribution in [0.15, 0.2) is 18.5 Å². The van der Waals surface area contributed by atoms with E-state index < -0.39 is 0 Å². The van der Waals surface area contributed by atoms with Gasteiger partial charge in [0.25, 0.3) is 0 Å². The minimum absolute atomic E-state index is 0.000997. The van der Waals surface area contributed by atoms with Gasteiger partial charge in [-0.25, -0.2) is 9.97 Å². The molecule has 0 atom stereocenters. The molecule has 0 radical (unpaired) electrons. The van der Waals surface area contributed by atoms with Gasteiger partial charge in [-0.1, -0.05) is 13.8 Å². The second-order valence-corrected chi connectivity index (χ2v) is 6.25. The molecule has 0 aliphatic carbocycles. The zero-order valence-corrected chi connectivity index (χ0v) is 14.8. The third-order valence-corrected chi connectivity index (χ3v) is 3.70. The summed E-state index contributed by atoms with van der Waals surface area (Å²) in [5.74, 6) is 1.09. The Bertz CT molecular complexity index is 665. The predicted molar refractivity (Wildman–Crippen MR) is 93.8 cm³/mol. The molecule has 2 heterocycles. The molecule has 2 aromatic heterocycles. The Hall–Kier alpha value is -2.44. The summed E-state index contributed by atoms with van der Waals surface area (Å²) in [5.41, 5.74) is 3.03. The van der Waals surface area contributed by atoms with Gasteiger partial charge in [0.1, 0.15) is 0 Å². The maximum atomic E-state index is 12.2. The highest BCUT2D eigenvalue weighted by Crippen LogP contribution is 2.15. The highest BCUT2D eigenvalue weighted by Gasteiger charge is 2.15. The van der Waals surface area contributed by atoms with Crippen molar-refractivity contribution in [1.29, 1.82) is 0 Å². The van der Waals surface area contributed by atoms with Gasteiger partial charge in [-0.3, -0.25) is 9.48 Å². The largest absolute Gasteiger partial charge is 0.354 e. The molecule has 0 unspecified atom stereocenters. The molecule has 0 aliphatic rings. The SMILES string of the molecule is Cc1nn(CC(C)C)c(C)c1CC(=O)NCCNc1ncccn1. The van der Waals surface area contributed by atoms with Crippen LogP contribution in [0.4, 0.5) is 5.95 Å². The van der Waals surface area contributed by atoms with Crippen LogP contribution in [0.1, 0.15) is 30.8 Å². The number of carbonyl (C=O) groups excluding carboxylic acids is 1. The fourth-order valence-electron chi connectivity index (χ4n) is 2.50. The van der Waals surface area contributed by atoms with Crippen molar-refractivity contribution in [2.24, 2.45) is 5.92 Å². The summed E-state index contributed by atoms with van der Waals surface area (Å²) in [4.78, 5) is 20.3. The van der Waals surface area contributed by atoms with E-state index >= 15 is 0 Å². The second kappa shape index (κ2) is 8.42. The Morgan fingerprint density at radius 1 is 1.21 bits per heavy atom. The predicted octanol–water partition coefficient (Wildman–Crippen LogP) is 1.72. The molecule has 0 fully saturated rings. The normalized spacial score (nSPS) is 10.9. The zero-order valence-electron chi connectivity index (χ0n) is 14.8. The summed E-state index contributed by atoms with van der Waals surface area (Å²) in [7, 11) is 0. The third-order valence-electron chi connectivity index (χ3n) is 3.70. The Morgan fingerprint density at radius 3 is 2.58 bits per heavy atom. The number of aromatic nitrogens is 4. The standard InChI is InChI=1S/C17H26N6O/c1-12(2)11-23-14(4)15(13(3)22-23)10-16(24)18-8-9-21-17-19-6-5-7-20-17/h5-7,12H,8-11H2,1-4H3,(H,18,24)(H,19,20,21). The van der Waals surface area contributed by atoms with Crippen LogP contribution in [0.25, 0.3) is 0 Å². The quantitative estimate of drug-likeness (QED) is 0.720. The third kappa shape index (κ3) is 5.04. The van der Waals surface area contributed by atoms with Crippen molar-refractivity contribution in [3.8, 4) is 0 Å². The van der Waals surface area contributed by atoms with Crippen molar-refractivity contribution in [2.75, 3.05) is 18.4 Å². The first-order valence-electron chi connectivity index (χ1n) is 8.28. The van der Waals surface area contributed by atoms with Gasteiger partial charge in [0, 0.05) is 43.3 Å². The van der Waals surface area contributed by atoms with E-state index in [9.17, 15) is 4.79 Å². The van der Waals surface area contributed by atoms with Crippen molar-refractivity contribution in [2.45, 2.75) is 40.7 Å². The number of nitrogens with one attached hydrogen (secondary N) is 2. The lowest BCUT2D eigenvalue weighted by atomic mass is 10.1. The number of nitrogens with zero attached hydrogens (tertiary/aromatic N) is 4.